The first kappa shape index (κ1) is 24.6. The van der Waals surface area contributed by atoms with E-state index in [9.17, 15) is 9.59 Å². The maximum absolute atomic E-state index is 13.0. The zero-order chi connectivity index (χ0) is 26.8. The van der Waals surface area contributed by atoms with Crippen LogP contribution in [-0.2, 0) is 0 Å². The molecule has 3 heterocycles. The molecule has 2 aromatic carbocycles. The van der Waals surface area contributed by atoms with E-state index in [2.05, 4.69) is 25.2 Å². The first-order valence-corrected chi connectivity index (χ1v) is 12.1. The van der Waals surface area contributed by atoms with Crippen molar-refractivity contribution in [2.75, 3.05) is 0 Å². The van der Waals surface area contributed by atoms with E-state index in [1.807, 2.05) is 76.2 Å². The predicted molar refractivity (Wildman–Crippen MR) is 150 cm³/mol. The van der Waals surface area contributed by atoms with Gasteiger partial charge in [-0.2, -0.15) is 0 Å². The second-order valence-electron chi connectivity index (χ2n) is 9.12. The summed E-state index contributed by atoms with van der Waals surface area (Å²) in [6.45, 7) is 7.64. The molecule has 9 heteroatoms. The molecule has 3 aromatic heterocycles. The van der Waals surface area contributed by atoms with Crippen LogP contribution >= 0.6 is 0 Å². The van der Waals surface area contributed by atoms with Gasteiger partial charge in [0.1, 0.15) is 0 Å². The van der Waals surface area contributed by atoms with E-state index in [1.165, 1.54) is 21.8 Å². The Kier molecular flexibility index (Phi) is 6.57. The summed E-state index contributed by atoms with van der Waals surface area (Å²) in [6, 6.07) is 20.6. The van der Waals surface area contributed by atoms with Crippen LogP contribution in [0, 0.1) is 27.7 Å². The minimum absolute atomic E-state index is 0.197. The molecule has 0 atom stereocenters. The molecule has 0 spiro atoms. The van der Waals surface area contributed by atoms with Gasteiger partial charge in [-0.3, -0.25) is 19.8 Å². The fraction of sp³-hybridized carbons (Fsp3) is 0.138. The largest absolute Gasteiger partial charge is 0.295 e. The summed E-state index contributed by atoms with van der Waals surface area (Å²) in [6.07, 6.45) is 3.01. The Morgan fingerprint density at radius 2 is 1.03 bits per heavy atom. The van der Waals surface area contributed by atoms with E-state index < -0.39 is 0 Å². The third-order valence-electron chi connectivity index (χ3n) is 6.19. The maximum atomic E-state index is 13.0. The Labute approximate surface area is 218 Å². The highest BCUT2D eigenvalue weighted by Crippen LogP contribution is 2.16. The van der Waals surface area contributed by atoms with E-state index in [0.717, 1.165) is 22.5 Å². The average Bonchev–Trinajstić information content (AvgIpc) is 3.36. The Morgan fingerprint density at radius 3 is 1.42 bits per heavy atom. The molecule has 38 heavy (non-hydrogen) atoms. The summed E-state index contributed by atoms with van der Waals surface area (Å²) in [5.74, 6) is 0.786. The van der Waals surface area contributed by atoms with Crippen LogP contribution in [-0.4, -0.2) is 37.0 Å². The van der Waals surface area contributed by atoms with Gasteiger partial charge in [0.25, 0.3) is 11.1 Å². The van der Waals surface area contributed by atoms with Crippen LogP contribution in [0.3, 0.4) is 0 Å². The molecule has 0 aliphatic carbocycles. The van der Waals surface area contributed by atoms with Crippen LogP contribution in [0.4, 0.5) is 11.6 Å². The molecule has 0 radical (unpaired) electrons. The molecule has 5 aromatic rings. The molecule has 190 valence electrons. The van der Waals surface area contributed by atoms with Gasteiger partial charge in [-0.15, -0.1) is 0 Å². The number of benzene rings is 2. The van der Waals surface area contributed by atoms with Crippen LogP contribution < -0.4 is 11.1 Å². The quantitative estimate of drug-likeness (QED) is 0.324. The molecule has 0 amide bonds. The van der Waals surface area contributed by atoms with E-state index in [-0.39, 0.29) is 11.1 Å². The number of aryl methyl sites for hydroxylation is 4. The van der Waals surface area contributed by atoms with Crippen LogP contribution in [0.15, 0.2) is 86.3 Å². The lowest BCUT2D eigenvalue weighted by atomic mass is 10.2. The van der Waals surface area contributed by atoms with E-state index in [4.69, 9.17) is 0 Å². The molecule has 2 N–H and O–H groups in total. The van der Waals surface area contributed by atoms with E-state index in [1.54, 1.807) is 18.2 Å². The molecule has 0 fully saturated rings. The number of aromatic amines is 2. The predicted octanol–water partition coefficient (Wildman–Crippen LogP) is 4.77. The Morgan fingerprint density at radius 1 is 0.632 bits per heavy atom. The summed E-state index contributed by atoms with van der Waals surface area (Å²) in [4.78, 5) is 39.2. The summed E-state index contributed by atoms with van der Waals surface area (Å²) in [7, 11) is 0. The number of H-pyrrole nitrogens is 2. The Bertz CT molecular complexity index is 1650. The van der Waals surface area contributed by atoms with Gasteiger partial charge >= 0.3 is 0 Å². The van der Waals surface area contributed by atoms with E-state index >= 15 is 0 Å². The molecule has 0 saturated heterocycles. The normalized spacial score (nSPS) is 11.7. The number of rotatable bonds is 6. The fourth-order valence-corrected chi connectivity index (χ4v) is 3.99. The van der Waals surface area contributed by atoms with Crippen molar-refractivity contribution >= 4 is 24.1 Å². The van der Waals surface area contributed by atoms with Crippen molar-refractivity contribution in [3.63, 3.8) is 0 Å². The number of hydrogen-bond donors (Lipinski definition) is 2. The first-order chi connectivity index (χ1) is 18.3. The van der Waals surface area contributed by atoms with Gasteiger partial charge in [-0.05, 0) is 64.1 Å². The first-order valence-electron chi connectivity index (χ1n) is 12.1. The number of nitrogens with zero attached hydrogens (tertiary/aromatic N) is 5. The highest BCUT2D eigenvalue weighted by atomic mass is 16.1. The number of aliphatic imine (C=N–C) groups is 2. The number of hydrogen-bond acceptors (Lipinski definition) is 5. The zero-order valence-corrected chi connectivity index (χ0v) is 21.6. The lowest BCUT2D eigenvalue weighted by Gasteiger charge is -2.01. The smallest absolute Gasteiger partial charge is 0.280 e. The maximum Gasteiger partial charge on any atom is 0.280 e. The topological polar surface area (TPSA) is 113 Å². The van der Waals surface area contributed by atoms with Gasteiger partial charge in [-0.1, -0.05) is 41.5 Å². The number of aromatic nitrogens is 5. The van der Waals surface area contributed by atoms with Crippen molar-refractivity contribution in [2.45, 2.75) is 27.7 Å². The molecule has 5 rings (SSSR count). The van der Waals surface area contributed by atoms with Gasteiger partial charge in [0.2, 0.25) is 0 Å². The molecule has 0 unspecified atom stereocenters. The van der Waals surface area contributed by atoms with Gasteiger partial charge in [0.15, 0.2) is 11.6 Å². The summed E-state index contributed by atoms with van der Waals surface area (Å²) < 4.78 is 2.99. The Hall–Kier alpha value is -5.05. The fourth-order valence-electron chi connectivity index (χ4n) is 3.99. The zero-order valence-electron chi connectivity index (χ0n) is 21.6. The average molecular weight is 506 g/mol. The third kappa shape index (κ3) is 4.94. The van der Waals surface area contributed by atoms with Crippen molar-refractivity contribution in [1.82, 2.24) is 24.5 Å². The molecule has 0 aliphatic heterocycles. The molecule has 0 bridgehead atoms. The highest BCUT2D eigenvalue weighted by Gasteiger charge is 2.12. The van der Waals surface area contributed by atoms with Crippen LogP contribution in [0.25, 0.3) is 11.4 Å². The molecule has 0 saturated carbocycles. The summed E-state index contributed by atoms with van der Waals surface area (Å²) in [5, 5.41) is 6.19. The molecular formula is C29H27N7O2. The SMILES string of the molecule is Cc1ccc(-n2[nH]c(C)c(C=Nc3cccc(N=Cc4c(C)[nH]n(-c5ccc(C)cc5)c4=O)n3)c2=O)cc1. The second kappa shape index (κ2) is 10.1. The standard InChI is InChI=1S/C29H27N7O2/c1-18-8-12-22(13-9-18)35-28(37)24(20(3)33-35)16-30-26-6-5-7-27(32-26)31-17-25-21(4)34-36(29(25)38)23-14-10-19(2)11-15-23/h5-17,33-34H,1-4H3. The molecule has 0 aliphatic rings. The second-order valence-corrected chi connectivity index (χ2v) is 9.12. The molecular weight excluding hydrogens is 478 g/mol. The lowest BCUT2D eigenvalue weighted by Crippen LogP contribution is -2.17. The number of nitrogens with one attached hydrogen (secondary N) is 2. The van der Waals surface area contributed by atoms with Gasteiger partial charge < -0.3 is 0 Å². The third-order valence-corrected chi connectivity index (χ3v) is 6.19. The lowest BCUT2D eigenvalue weighted by molar-refractivity contribution is 0.835. The van der Waals surface area contributed by atoms with Gasteiger partial charge in [-0.25, -0.2) is 24.3 Å². The highest BCUT2D eigenvalue weighted by molar-refractivity contribution is 5.84. The van der Waals surface area contributed by atoms with E-state index in [0.29, 0.717) is 34.2 Å². The molecule has 9 nitrogen and oxygen atoms in total. The van der Waals surface area contributed by atoms with Crippen molar-refractivity contribution < 1.29 is 0 Å². The van der Waals surface area contributed by atoms with Crippen molar-refractivity contribution in [3.8, 4) is 11.4 Å². The minimum atomic E-state index is -0.197. The Balaban J connectivity index is 1.38. The summed E-state index contributed by atoms with van der Waals surface area (Å²) >= 11 is 0. The summed E-state index contributed by atoms with van der Waals surface area (Å²) in [5.41, 5.74) is 5.62. The monoisotopic (exact) mass is 505 g/mol. The number of pyridine rings is 1. The van der Waals surface area contributed by atoms with Crippen LogP contribution in [0.5, 0.6) is 0 Å². The van der Waals surface area contributed by atoms with Crippen molar-refractivity contribution in [3.05, 3.63) is 121 Å². The minimum Gasteiger partial charge on any atom is -0.295 e. The van der Waals surface area contributed by atoms with Gasteiger partial charge in [0, 0.05) is 23.8 Å². The van der Waals surface area contributed by atoms with Crippen LogP contribution in [0.1, 0.15) is 33.6 Å². The van der Waals surface area contributed by atoms with Gasteiger partial charge in [0.05, 0.1) is 22.5 Å². The van der Waals surface area contributed by atoms with Crippen molar-refractivity contribution in [2.24, 2.45) is 9.98 Å². The van der Waals surface area contributed by atoms with Crippen molar-refractivity contribution in [1.29, 1.82) is 0 Å². The van der Waals surface area contributed by atoms with Crippen LogP contribution in [0.2, 0.25) is 0 Å².